The molecule has 0 aromatic carbocycles. The van der Waals surface area contributed by atoms with Crippen molar-refractivity contribution in [2.45, 2.75) is 33.2 Å². The minimum absolute atomic E-state index is 0.0417. The van der Waals surface area contributed by atoms with E-state index in [0.717, 1.165) is 18.7 Å². The molecule has 1 amide bonds. The van der Waals surface area contributed by atoms with Crippen LogP contribution in [0.2, 0.25) is 0 Å². The second-order valence-corrected chi connectivity index (χ2v) is 5.75. The van der Waals surface area contributed by atoms with Crippen LogP contribution in [0.25, 0.3) is 0 Å². The van der Waals surface area contributed by atoms with Crippen molar-refractivity contribution < 1.29 is 4.79 Å². The highest BCUT2D eigenvalue weighted by Crippen LogP contribution is 2.07. The molecule has 0 fully saturated rings. The lowest BCUT2D eigenvalue weighted by atomic mass is 10.0. The van der Waals surface area contributed by atoms with Crippen LogP contribution < -0.4 is 5.32 Å². The average Bonchev–Trinajstić information content (AvgIpc) is 2.27. The molecule has 0 bridgehead atoms. The molecule has 106 valence electrons. The van der Waals surface area contributed by atoms with E-state index in [-0.39, 0.29) is 11.9 Å². The topological polar surface area (TPSA) is 45.2 Å². The third-order valence-corrected chi connectivity index (χ3v) is 2.85. The molecule has 0 unspecified atom stereocenters. The SMILES string of the molecule is Cc1ccc(C(=O)N[C@@H](CC(C)C)CN(C)C)cn1. The zero-order valence-electron chi connectivity index (χ0n) is 12.6. The van der Waals surface area contributed by atoms with Crippen LogP contribution in [0, 0.1) is 12.8 Å². The van der Waals surface area contributed by atoms with Crippen molar-refractivity contribution in [2.24, 2.45) is 5.92 Å². The Morgan fingerprint density at radius 3 is 2.53 bits per heavy atom. The molecule has 1 aromatic heterocycles. The van der Waals surface area contributed by atoms with E-state index in [1.807, 2.05) is 33.2 Å². The molecule has 4 heteroatoms. The highest BCUT2D eigenvalue weighted by atomic mass is 16.1. The van der Waals surface area contributed by atoms with Gasteiger partial charge < -0.3 is 10.2 Å². The molecule has 1 aromatic rings. The van der Waals surface area contributed by atoms with E-state index in [9.17, 15) is 4.79 Å². The number of amides is 1. The Labute approximate surface area is 116 Å². The van der Waals surface area contributed by atoms with Gasteiger partial charge in [0.15, 0.2) is 0 Å². The first-order valence-corrected chi connectivity index (χ1v) is 6.76. The highest BCUT2D eigenvalue weighted by molar-refractivity contribution is 5.94. The Balaban J connectivity index is 2.66. The average molecular weight is 263 g/mol. The fourth-order valence-electron chi connectivity index (χ4n) is 2.06. The van der Waals surface area contributed by atoms with Crippen molar-refractivity contribution in [3.05, 3.63) is 29.6 Å². The number of aromatic nitrogens is 1. The molecule has 1 atom stereocenters. The number of nitrogens with one attached hydrogen (secondary N) is 1. The van der Waals surface area contributed by atoms with Gasteiger partial charge in [0.1, 0.15) is 0 Å². The summed E-state index contributed by atoms with van der Waals surface area (Å²) in [6.07, 6.45) is 2.61. The minimum atomic E-state index is -0.0417. The molecule has 0 saturated heterocycles. The van der Waals surface area contributed by atoms with Gasteiger partial charge in [-0.3, -0.25) is 9.78 Å². The predicted molar refractivity (Wildman–Crippen MR) is 78.2 cm³/mol. The molecule has 0 aliphatic carbocycles. The van der Waals surface area contributed by atoms with E-state index >= 15 is 0 Å². The Morgan fingerprint density at radius 1 is 1.37 bits per heavy atom. The Morgan fingerprint density at radius 2 is 2.05 bits per heavy atom. The van der Waals surface area contributed by atoms with Gasteiger partial charge in [0, 0.05) is 24.5 Å². The summed E-state index contributed by atoms with van der Waals surface area (Å²) in [7, 11) is 4.04. The van der Waals surface area contributed by atoms with Crippen molar-refractivity contribution in [1.82, 2.24) is 15.2 Å². The molecule has 0 aliphatic rings. The van der Waals surface area contributed by atoms with Crippen molar-refractivity contribution in [1.29, 1.82) is 0 Å². The van der Waals surface area contributed by atoms with E-state index in [1.54, 1.807) is 6.20 Å². The van der Waals surface area contributed by atoms with Gasteiger partial charge in [0.2, 0.25) is 0 Å². The minimum Gasteiger partial charge on any atom is -0.348 e. The van der Waals surface area contributed by atoms with Crippen LogP contribution in [0.1, 0.15) is 36.3 Å². The number of carbonyl (C=O) groups excluding carboxylic acids is 1. The molecular weight excluding hydrogens is 238 g/mol. The van der Waals surface area contributed by atoms with Crippen LogP contribution in [-0.4, -0.2) is 42.5 Å². The Hall–Kier alpha value is -1.42. The first-order valence-electron chi connectivity index (χ1n) is 6.76. The summed E-state index contributed by atoms with van der Waals surface area (Å²) in [4.78, 5) is 18.4. The first-order chi connectivity index (χ1) is 8.88. The van der Waals surface area contributed by atoms with E-state index < -0.39 is 0 Å². The van der Waals surface area contributed by atoms with Gasteiger partial charge in [-0.1, -0.05) is 13.8 Å². The second kappa shape index (κ2) is 7.24. The van der Waals surface area contributed by atoms with Crippen LogP contribution in [-0.2, 0) is 0 Å². The van der Waals surface area contributed by atoms with Crippen LogP contribution in [0.4, 0.5) is 0 Å². The lowest BCUT2D eigenvalue weighted by Crippen LogP contribution is -2.42. The molecule has 0 radical (unpaired) electrons. The summed E-state index contributed by atoms with van der Waals surface area (Å²) in [5, 5.41) is 3.09. The van der Waals surface area contributed by atoms with E-state index in [1.165, 1.54) is 0 Å². The Kier molecular flexibility index (Phi) is 5.96. The summed E-state index contributed by atoms with van der Waals surface area (Å²) in [6.45, 7) is 7.10. The standard InChI is InChI=1S/C15H25N3O/c1-11(2)8-14(10-18(4)5)17-15(19)13-7-6-12(3)16-9-13/h6-7,9,11,14H,8,10H2,1-5H3,(H,17,19)/t14-/m0/s1. The largest absolute Gasteiger partial charge is 0.348 e. The van der Waals surface area contributed by atoms with E-state index in [4.69, 9.17) is 0 Å². The summed E-state index contributed by atoms with van der Waals surface area (Å²) in [5.41, 5.74) is 1.54. The van der Waals surface area contributed by atoms with Crippen LogP contribution in [0.3, 0.4) is 0 Å². The van der Waals surface area contributed by atoms with Gasteiger partial charge in [-0.25, -0.2) is 0 Å². The number of pyridine rings is 1. The summed E-state index contributed by atoms with van der Waals surface area (Å²) in [5.74, 6) is 0.515. The summed E-state index contributed by atoms with van der Waals surface area (Å²) >= 11 is 0. The van der Waals surface area contributed by atoms with E-state index in [2.05, 4.69) is 29.0 Å². The fraction of sp³-hybridized carbons (Fsp3) is 0.600. The van der Waals surface area contributed by atoms with Crippen LogP contribution in [0.15, 0.2) is 18.3 Å². The van der Waals surface area contributed by atoms with Crippen molar-refractivity contribution in [2.75, 3.05) is 20.6 Å². The fourth-order valence-corrected chi connectivity index (χ4v) is 2.06. The molecule has 0 saturated carbocycles. The molecule has 4 nitrogen and oxygen atoms in total. The maximum atomic E-state index is 12.2. The molecule has 1 rings (SSSR count). The van der Waals surface area contributed by atoms with Gasteiger partial charge in [0.05, 0.1) is 5.56 Å². The lowest BCUT2D eigenvalue weighted by Gasteiger charge is -2.24. The van der Waals surface area contributed by atoms with Crippen molar-refractivity contribution in [3.63, 3.8) is 0 Å². The van der Waals surface area contributed by atoms with Gasteiger partial charge in [-0.2, -0.15) is 0 Å². The van der Waals surface area contributed by atoms with Gasteiger partial charge in [0.25, 0.3) is 5.91 Å². The zero-order chi connectivity index (χ0) is 14.4. The summed E-state index contributed by atoms with van der Waals surface area (Å²) in [6, 6.07) is 3.85. The van der Waals surface area contributed by atoms with Crippen molar-refractivity contribution >= 4 is 5.91 Å². The number of nitrogens with zero attached hydrogens (tertiary/aromatic N) is 2. The normalized spacial score (nSPS) is 12.8. The molecule has 1 N–H and O–H groups in total. The first kappa shape index (κ1) is 15.6. The van der Waals surface area contributed by atoms with Crippen LogP contribution >= 0.6 is 0 Å². The van der Waals surface area contributed by atoms with Crippen LogP contribution in [0.5, 0.6) is 0 Å². The number of hydrogen-bond donors (Lipinski definition) is 1. The highest BCUT2D eigenvalue weighted by Gasteiger charge is 2.16. The van der Waals surface area contributed by atoms with Crippen molar-refractivity contribution in [3.8, 4) is 0 Å². The predicted octanol–water partition coefficient (Wildman–Crippen LogP) is 2.10. The Bertz CT molecular complexity index is 388. The second-order valence-electron chi connectivity index (χ2n) is 5.75. The lowest BCUT2D eigenvalue weighted by molar-refractivity contribution is 0.0924. The third kappa shape index (κ3) is 5.83. The summed E-state index contributed by atoms with van der Waals surface area (Å²) < 4.78 is 0. The maximum absolute atomic E-state index is 12.2. The molecule has 19 heavy (non-hydrogen) atoms. The number of aryl methyl sites for hydroxylation is 1. The molecular formula is C15H25N3O. The number of rotatable bonds is 6. The maximum Gasteiger partial charge on any atom is 0.253 e. The quantitative estimate of drug-likeness (QED) is 0.855. The van der Waals surface area contributed by atoms with Gasteiger partial charge >= 0.3 is 0 Å². The van der Waals surface area contributed by atoms with Gasteiger partial charge in [-0.15, -0.1) is 0 Å². The zero-order valence-corrected chi connectivity index (χ0v) is 12.6. The van der Waals surface area contributed by atoms with Gasteiger partial charge in [-0.05, 0) is 45.5 Å². The third-order valence-electron chi connectivity index (χ3n) is 2.85. The smallest absolute Gasteiger partial charge is 0.253 e. The monoisotopic (exact) mass is 263 g/mol. The molecule has 0 spiro atoms. The van der Waals surface area contributed by atoms with E-state index in [0.29, 0.717) is 11.5 Å². The molecule has 0 aliphatic heterocycles. The molecule has 1 heterocycles. The number of likely N-dealkylation sites (N-methyl/N-ethyl adjacent to an activating group) is 1. The number of hydrogen-bond acceptors (Lipinski definition) is 3. The number of carbonyl (C=O) groups is 1.